The van der Waals surface area contributed by atoms with Gasteiger partial charge in [0.05, 0.1) is 6.04 Å². The van der Waals surface area contributed by atoms with Crippen LogP contribution in [0.1, 0.15) is 74.2 Å². The molecule has 1 saturated heterocycles. The summed E-state index contributed by atoms with van der Waals surface area (Å²) in [5, 5.41) is 2.51. The molecule has 3 rings (SSSR count). The van der Waals surface area contributed by atoms with Crippen LogP contribution in [0.5, 0.6) is 0 Å². The highest BCUT2D eigenvalue weighted by atomic mass is 32.1. The molecule has 1 aromatic rings. The summed E-state index contributed by atoms with van der Waals surface area (Å²) in [5.41, 5.74) is 5.42. The molecule has 3 atom stereocenters. The molecule has 20 heavy (non-hydrogen) atoms. The van der Waals surface area contributed by atoms with E-state index in [4.69, 9.17) is 0 Å². The zero-order chi connectivity index (χ0) is 14.1. The maximum Gasteiger partial charge on any atom is 0.0530 e. The molecule has 2 nitrogen and oxygen atoms in total. The number of piperidine rings is 1. The molecule has 2 aliphatic rings. The number of hydrogen-bond donors (Lipinski definition) is 1. The Morgan fingerprint density at radius 3 is 2.55 bits per heavy atom. The minimum atomic E-state index is 0.452. The minimum absolute atomic E-state index is 0.452. The van der Waals surface area contributed by atoms with Gasteiger partial charge in [-0.1, -0.05) is 6.42 Å². The molecule has 1 aromatic heterocycles. The van der Waals surface area contributed by atoms with Gasteiger partial charge in [-0.15, -0.1) is 11.3 Å². The van der Waals surface area contributed by atoms with Crippen molar-refractivity contribution < 1.29 is 0 Å². The van der Waals surface area contributed by atoms with Crippen molar-refractivity contribution in [2.24, 2.45) is 0 Å². The maximum absolute atomic E-state index is 3.79. The first-order valence-electron chi connectivity index (χ1n) is 8.31. The van der Waals surface area contributed by atoms with Gasteiger partial charge >= 0.3 is 0 Å². The van der Waals surface area contributed by atoms with Crippen LogP contribution in [-0.2, 0) is 12.8 Å². The van der Waals surface area contributed by atoms with Crippen molar-refractivity contribution in [3.05, 3.63) is 21.4 Å². The Kier molecular flexibility index (Phi) is 4.49. The second kappa shape index (κ2) is 6.17. The Balaban J connectivity index is 1.69. The van der Waals surface area contributed by atoms with Crippen molar-refractivity contribution in [3.63, 3.8) is 0 Å². The lowest BCUT2D eigenvalue weighted by molar-refractivity contribution is 0.0325. The van der Waals surface area contributed by atoms with E-state index in [0.717, 1.165) is 0 Å². The van der Waals surface area contributed by atoms with Crippen LogP contribution in [-0.4, -0.2) is 17.1 Å². The van der Waals surface area contributed by atoms with Gasteiger partial charge in [0.2, 0.25) is 0 Å². The number of hydrazine groups is 1. The van der Waals surface area contributed by atoms with Crippen LogP contribution < -0.4 is 5.43 Å². The van der Waals surface area contributed by atoms with Crippen LogP contribution in [0.15, 0.2) is 6.07 Å². The monoisotopic (exact) mass is 292 g/mol. The highest BCUT2D eigenvalue weighted by Gasteiger charge is 2.26. The molecule has 0 spiro atoms. The average molecular weight is 292 g/mol. The first kappa shape index (κ1) is 14.6. The molecule has 1 fully saturated rings. The van der Waals surface area contributed by atoms with E-state index < -0.39 is 0 Å². The van der Waals surface area contributed by atoms with Crippen molar-refractivity contribution in [1.29, 1.82) is 0 Å². The van der Waals surface area contributed by atoms with Gasteiger partial charge in [0.1, 0.15) is 0 Å². The third-order valence-electron chi connectivity index (χ3n) is 4.98. The SMILES string of the molecule is CC(NN1C(C)CCCC1C)c1cc2c(s1)CCCC2. The molecule has 0 amide bonds. The topological polar surface area (TPSA) is 15.3 Å². The minimum Gasteiger partial charge on any atom is -0.247 e. The van der Waals surface area contributed by atoms with Crippen molar-refractivity contribution in [1.82, 2.24) is 10.4 Å². The largest absolute Gasteiger partial charge is 0.247 e. The van der Waals surface area contributed by atoms with Gasteiger partial charge in [-0.2, -0.15) is 0 Å². The molecular weight excluding hydrogens is 264 g/mol. The van der Waals surface area contributed by atoms with Gasteiger partial charge < -0.3 is 0 Å². The van der Waals surface area contributed by atoms with Gasteiger partial charge in [-0.05, 0) is 70.9 Å². The first-order valence-corrected chi connectivity index (χ1v) is 9.13. The third kappa shape index (κ3) is 2.95. The number of rotatable bonds is 3. The van der Waals surface area contributed by atoms with Crippen molar-refractivity contribution in [2.75, 3.05) is 0 Å². The standard InChI is InChI=1S/C17H28N2S/c1-12-7-6-8-13(2)19(12)18-14(3)17-11-15-9-4-5-10-16(15)20-17/h11-14,18H,4-10H2,1-3H3. The molecule has 2 heterocycles. The molecule has 0 aromatic carbocycles. The smallest absolute Gasteiger partial charge is 0.0530 e. The lowest BCUT2D eigenvalue weighted by atomic mass is 9.98. The zero-order valence-electron chi connectivity index (χ0n) is 13.1. The fraction of sp³-hybridized carbons (Fsp3) is 0.765. The predicted molar refractivity (Wildman–Crippen MR) is 87.1 cm³/mol. The van der Waals surface area contributed by atoms with Crippen molar-refractivity contribution in [2.45, 2.75) is 83.8 Å². The molecule has 112 valence electrons. The molecule has 0 bridgehead atoms. The Morgan fingerprint density at radius 2 is 1.85 bits per heavy atom. The molecule has 0 radical (unpaired) electrons. The summed E-state index contributed by atoms with van der Waals surface area (Å²) in [7, 11) is 0. The Morgan fingerprint density at radius 1 is 1.15 bits per heavy atom. The van der Waals surface area contributed by atoms with Crippen LogP contribution in [0.3, 0.4) is 0 Å². The summed E-state index contributed by atoms with van der Waals surface area (Å²) in [6.07, 6.45) is 9.40. The second-order valence-electron chi connectivity index (χ2n) is 6.69. The van der Waals surface area contributed by atoms with Gasteiger partial charge in [0.15, 0.2) is 0 Å². The van der Waals surface area contributed by atoms with Crippen LogP contribution >= 0.6 is 11.3 Å². The quantitative estimate of drug-likeness (QED) is 0.885. The summed E-state index contributed by atoms with van der Waals surface area (Å²) in [6, 6.07) is 4.25. The van der Waals surface area contributed by atoms with Gasteiger partial charge in [-0.3, -0.25) is 0 Å². The Hall–Kier alpha value is -0.380. The summed E-state index contributed by atoms with van der Waals surface area (Å²) >= 11 is 2.05. The number of aryl methyl sites for hydroxylation is 2. The lowest BCUT2D eigenvalue weighted by Crippen LogP contribution is -2.52. The number of fused-ring (bicyclic) bond motifs is 1. The van der Waals surface area contributed by atoms with Crippen LogP contribution in [0, 0.1) is 0 Å². The molecule has 1 aliphatic carbocycles. The van der Waals surface area contributed by atoms with E-state index in [2.05, 4.69) is 37.3 Å². The normalized spacial score (nSPS) is 29.1. The maximum atomic E-state index is 3.79. The molecule has 0 saturated carbocycles. The molecular formula is C17H28N2S. The van der Waals surface area contributed by atoms with E-state index in [9.17, 15) is 0 Å². The van der Waals surface area contributed by atoms with Gasteiger partial charge in [-0.25, -0.2) is 10.4 Å². The molecule has 1 aliphatic heterocycles. The summed E-state index contributed by atoms with van der Waals surface area (Å²) in [4.78, 5) is 3.18. The van der Waals surface area contributed by atoms with Crippen molar-refractivity contribution >= 4 is 11.3 Å². The van der Waals surface area contributed by atoms with E-state index in [1.54, 1.807) is 10.4 Å². The van der Waals surface area contributed by atoms with Crippen molar-refractivity contribution in [3.8, 4) is 0 Å². The highest BCUT2D eigenvalue weighted by Crippen LogP contribution is 2.33. The van der Waals surface area contributed by atoms with Crippen LogP contribution in [0.4, 0.5) is 0 Å². The Bertz CT molecular complexity index is 420. The van der Waals surface area contributed by atoms with Gasteiger partial charge in [0.25, 0.3) is 0 Å². The number of nitrogens with one attached hydrogen (secondary N) is 1. The fourth-order valence-electron chi connectivity index (χ4n) is 3.69. The van der Waals surface area contributed by atoms with Crippen LogP contribution in [0.2, 0.25) is 0 Å². The van der Waals surface area contributed by atoms with E-state index in [1.807, 2.05) is 11.3 Å². The third-order valence-corrected chi connectivity index (χ3v) is 6.40. The number of nitrogens with zero attached hydrogens (tertiary/aromatic N) is 1. The lowest BCUT2D eigenvalue weighted by Gasteiger charge is -2.40. The van der Waals surface area contributed by atoms with Crippen LogP contribution in [0.25, 0.3) is 0 Å². The number of hydrogen-bond acceptors (Lipinski definition) is 3. The number of thiophene rings is 1. The van der Waals surface area contributed by atoms with E-state index in [1.165, 1.54) is 49.8 Å². The summed E-state index contributed by atoms with van der Waals surface area (Å²) < 4.78 is 0. The molecule has 1 N–H and O–H groups in total. The summed E-state index contributed by atoms with van der Waals surface area (Å²) in [6.45, 7) is 7.04. The molecule has 3 heteroatoms. The van der Waals surface area contributed by atoms with E-state index >= 15 is 0 Å². The average Bonchev–Trinajstić information content (AvgIpc) is 2.87. The predicted octanol–water partition coefficient (Wildman–Crippen LogP) is 4.46. The van der Waals surface area contributed by atoms with E-state index in [-0.39, 0.29) is 0 Å². The second-order valence-corrected chi connectivity index (χ2v) is 7.86. The van der Waals surface area contributed by atoms with Gasteiger partial charge in [0, 0.05) is 21.8 Å². The summed E-state index contributed by atoms with van der Waals surface area (Å²) in [5.74, 6) is 0. The highest BCUT2D eigenvalue weighted by molar-refractivity contribution is 7.12. The van der Waals surface area contributed by atoms with E-state index in [0.29, 0.717) is 18.1 Å². The Labute approximate surface area is 127 Å². The zero-order valence-corrected chi connectivity index (χ0v) is 13.9. The first-order chi connectivity index (χ1) is 9.65. The molecule has 3 unspecified atom stereocenters. The fourth-order valence-corrected chi connectivity index (χ4v) is 4.94.